The Bertz CT molecular complexity index is 675. The summed E-state index contributed by atoms with van der Waals surface area (Å²) in [5.41, 5.74) is 2.26. The molecule has 128 valence electrons. The van der Waals surface area contributed by atoms with Crippen molar-refractivity contribution in [1.29, 1.82) is 0 Å². The van der Waals surface area contributed by atoms with Gasteiger partial charge in [0.05, 0.1) is 15.6 Å². The number of carbonyl (C=O) groups excluding carboxylic acids is 1. The molecule has 0 N–H and O–H groups in total. The molecule has 2 aromatic rings. The third-order valence-corrected chi connectivity index (χ3v) is 5.64. The van der Waals surface area contributed by atoms with Gasteiger partial charge in [0.1, 0.15) is 0 Å². The Kier molecular flexibility index (Phi) is 5.76. The van der Waals surface area contributed by atoms with Crippen molar-refractivity contribution < 1.29 is 4.79 Å². The fourth-order valence-corrected chi connectivity index (χ4v) is 4.06. The van der Waals surface area contributed by atoms with Gasteiger partial charge in [0.15, 0.2) is 5.78 Å². The first-order valence-corrected chi connectivity index (χ1v) is 9.39. The van der Waals surface area contributed by atoms with Crippen LogP contribution in [0.15, 0.2) is 30.3 Å². The van der Waals surface area contributed by atoms with Gasteiger partial charge in [-0.15, -0.1) is 11.3 Å². The Morgan fingerprint density at radius 3 is 2.38 bits per heavy atom. The number of ketones is 1. The van der Waals surface area contributed by atoms with Crippen molar-refractivity contribution in [1.82, 2.24) is 14.8 Å². The highest BCUT2D eigenvalue weighted by Crippen LogP contribution is 2.19. The van der Waals surface area contributed by atoms with Crippen LogP contribution in [0.5, 0.6) is 0 Å². The molecule has 1 aliphatic rings. The quantitative estimate of drug-likeness (QED) is 0.755. The molecule has 0 bridgehead atoms. The van der Waals surface area contributed by atoms with Crippen LogP contribution in [0.2, 0.25) is 0 Å². The summed E-state index contributed by atoms with van der Waals surface area (Å²) in [7, 11) is 0. The molecule has 1 aliphatic heterocycles. The van der Waals surface area contributed by atoms with Gasteiger partial charge in [-0.1, -0.05) is 30.3 Å². The Balaban J connectivity index is 1.42. The molecule has 5 heteroatoms. The Morgan fingerprint density at radius 1 is 1.08 bits per heavy atom. The molecule has 0 atom stereocenters. The number of hydrogen-bond donors (Lipinski definition) is 0. The van der Waals surface area contributed by atoms with E-state index in [0.29, 0.717) is 6.42 Å². The molecule has 0 unspecified atom stereocenters. The Morgan fingerprint density at radius 2 is 1.75 bits per heavy atom. The zero-order valence-corrected chi connectivity index (χ0v) is 15.3. The highest BCUT2D eigenvalue weighted by molar-refractivity contribution is 7.13. The average Bonchev–Trinajstić information content (AvgIpc) is 2.93. The molecule has 0 radical (unpaired) electrons. The monoisotopic (exact) mass is 343 g/mol. The maximum atomic E-state index is 12.4. The van der Waals surface area contributed by atoms with E-state index in [4.69, 9.17) is 0 Å². The number of rotatable bonds is 6. The lowest BCUT2D eigenvalue weighted by Crippen LogP contribution is -2.46. The molecule has 3 rings (SSSR count). The topological polar surface area (TPSA) is 36.4 Å². The Hall–Kier alpha value is -1.56. The molecule has 0 saturated carbocycles. The van der Waals surface area contributed by atoms with E-state index in [1.165, 1.54) is 16.9 Å². The van der Waals surface area contributed by atoms with E-state index in [1.807, 2.05) is 13.8 Å². The molecule has 0 amide bonds. The van der Waals surface area contributed by atoms with Gasteiger partial charge in [0.25, 0.3) is 0 Å². The van der Waals surface area contributed by atoms with Crippen molar-refractivity contribution in [3.63, 3.8) is 0 Å². The van der Waals surface area contributed by atoms with Crippen molar-refractivity contribution in [2.45, 2.75) is 26.8 Å². The number of thiazole rings is 1. The molecular formula is C19H25N3OS. The smallest absolute Gasteiger partial charge is 0.175 e. The van der Waals surface area contributed by atoms with Crippen molar-refractivity contribution in [3.8, 4) is 0 Å². The molecule has 1 saturated heterocycles. The second-order valence-corrected chi connectivity index (χ2v) is 7.63. The van der Waals surface area contributed by atoms with Gasteiger partial charge in [0, 0.05) is 45.7 Å². The number of aromatic nitrogens is 1. The summed E-state index contributed by atoms with van der Waals surface area (Å²) in [6.45, 7) is 9.99. The summed E-state index contributed by atoms with van der Waals surface area (Å²) in [6.07, 6.45) is 0.598. The minimum atomic E-state index is 0.241. The van der Waals surface area contributed by atoms with Crippen molar-refractivity contribution in [2.24, 2.45) is 0 Å². The van der Waals surface area contributed by atoms with Crippen LogP contribution in [-0.2, 0) is 6.54 Å². The molecular weight excluding hydrogens is 318 g/mol. The van der Waals surface area contributed by atoms with Gasteiger partial charge < -0.3 is 4.90 Å². The maximum Gasteiger partial charge on any atom is 0.175 e. The summed E-state index contributed by atoms with van der Waals surface area (Å²) in [5.74, 6) is 0.241. The SMILES string of the molecule is Cc1nc(C)c(C(=O)CCN2CCN(Cc3ccccc3)CC2)s1. The second-order valence-electron chi connectivity index (χ2n) is 6.42. The first kappa shape index (κ1) is 17.3. The molecule has 1 aromatic carbocycles. The largest absolute Gasteiger partial charge is 0.300 e. The van der Waals surface area contributed by atoms with E-state index >= 15 is 0 Å². The van der Waals surface area contributed by atoms with Gasteiger partial charge >= 0.3 is 0 Å². The van der Waals surface area contributed by atoms with Crippen LogP contribution in [0, 0.1) is 13.8 Å². The first-order chi connectivity index (χ1) is 11.6. The number of benzene rings is 1. The van der Waals surface area contributed by atoms with Crippen molar-refractivity contribution in [3.05, 3.63) is 51.5 Å². The van der Waals surface area contributed by atoms with Crippen molar-refractivity contribution in [2.75, 3.05) is 32.7 Å². The van der Waals surface area contributed by atoms with Gasteiger partial charge in [-0.25, -0.2) is 4.98 Å². The number of carbonyl (C=O) groups is 1. The summed E-state index contributed by atoms with van der Waals surface area (Å²) in [6, 6.07) is 10.6. The van der Waals surface area contributed by atoms with E-state index in [-0.39, 0.29) is 5.78 Å². The lowest BCUT2D eigenvalue weighted by molar-refractivity contribution is 0.0925. The van der Waals surface area contributed by atoms with Gasteiger partial charge in [0.2, 0.25) is 0 Å². The molecule has 1 aromatic heterocycles. The van der Waals surface area contributed by atoms with E-state index in [1.54, 1.807) is 0 Å². The molecule has 0 spiro atoms. The number of piperazine rings is 1. The predicted octanol–water partition coefficient (Wildman–Crippen LogP) is 3.15. The number of aryl methyl sites for hydroxylation is 2. The summed E-state index contributed by atoms with van der Waals surface area (Å²) in [4.78, 5) is 22.5. The molecule has 24 heavy (non-hydrogen) atoms. The zero-order valence-electron chi connectivity index (χ0n) is 14.5. The van der Waals surface area contributed by atoms with Crippen LogP contribution in [0.25, 0.3) is 0 Å². The van der Waals surface area contributed by atoms with Crippen LogP contribution < -0.4 is 0 Å². The Labute approximate surface area is 148 Å². The summed E-state index contributed by atoms with van der Waals surface area (Å²) >= 11 is 1.52. The highest BCUT2D eigenvalue weighted by Gasteiger charge is 2.19. The van der Waals surface area contributed by atoms with E-state index in [0.717, 1.165) is 54.8 Å². The normalized spacial score (nSPS) is 16.4. The second kappa shape index (κ2) is 8.01. The number of Topliss-reactive ketones (excluding diaryl/α,β-unsaturated/α-hetero) is 1. The van der Waals surface area contributed by atoms with Gasteiger partial charge in [-0.05, 0) is 19.4 Å². The fraction of sp³-hybridized carbons (Fsp3) is 0.474. The third kappa shape index (κ3) is 4.50. The van der Waals surface area contributed by atoms with Crippen LogP contribution in [0.1, 0.15) is 32.4 Å². The highest BCUT2D eigenvalue weighted by atomic mass is 32.1. The fourth-order valence-electron chi connectivity index (χ4n) is 3.18. The lowest BCUT2D eigenvalue weighted by atomic mass is 10.2. The van der Waals surface area contributed by atoms with Gasteiger partial charge in [-0.2, -0.15) is 0 Å². The van der Waals surface area contributed by atoms with Crippen LogP contribution >= 0.6 is 11.3 Å². The standard InChI is InChI=1S/C19H25N3OS/c1-15-19(24-16(2)20-15)18(23)8-9-21-10-12-22(13-11-21)14-17-6-4-3-5-7-17/h3-7H,8-14H2,1-2H3. The van der Waals surface area contributed by atoms with E-state index < -0.39 is 0 Å². The van der Waals surface area contributed by atoms with Crippen LogP contribution in [-0.4, -0.2) is 53.3 Å². The minimum Gasteiger partial charge on any atom is -0.300 e. The predicted molar refractivity (Wildman–Crippen MR) is 98.7 cm³/mol. The van der Waals surface area contributed by atoms with E-state index in [2.05, 4.69) is 45.1 Å². The molecule has 2 heterocycles. The molecule has 1 fully saturated rings. The summed E-state index contributed by atoms with van der Waals surface area (Å²) < 4.78 is 0. The zero-order chi connectivity index (χ0) is 16.9. The van der Waals surface area contributed by atoms with Crippen molar-refractivity contribution >= 4 is 17.1 Å². The minimum absolute atomic E-state index is 0.241. The third-order valence-electron chi connectivity index (χ3n) is 4.53. The first-order valence-electron chi connectivity index (χ1n) is 8.57. The maximum absolute atomic E-state index is 12.4. The molecule has 4 nitrogen and oxygen atoms in total. The average molecular weight is 343 g/mol. The lowest BCUT2D eigenvalue weighted by Gasteiger charge is -2.34. The van der Waals surface area contributed by atoms with Gasteiger partial charge in [-0.3, -0.25) is 9.69 Å². The number of nitrogens with zero attached hydrogens (tertiary/aromatic N) is 3. The van der Waals surface area contributed by atoms with Crippen LogP contribution in [0.4, 0.5) is 0 Å². The summed E-state index contributed by atoms with van der Waals surface area (Å²) in [5, 5.41) is 0.977. The van der Waals surface area contributed by atoms with E-state index in [9.17, 15) is 4.79 Å². The van der Waals surface area contributed by atoms with Crippen LogP contribution in [0.3, 0.4) is 0 Å². The molecule has 0 aliphatic carbocycles. The number of hydrogen-bond acceptors (Lipinski definition) is 5.